The van der Waals surface area contributed by atoms with Gasteiger partial charge in [0.15, 0.2) is 17.5 Å². The number of thioether (sulfide) groups is 1. The Morgan fingerprint density at radius 3 is 2.52 bits per heavy atom. The fourth-order valence-corrected chi connectivity index (χ4v) is 2.30. The number of alkyl halides is 2. The molecule has 0 spiro atoms. The van der Waals surface area contributed by atoms with Gasteiger partial charge in [-0.3, -0.25) is 4.79 Å². The zero-order valence-corrected chi connectivity index (χ0v) is 13.4. The van der Waals surface area contributed by atoms with Crippen LogP contribution in [0.4, 0.5) is 27.6 Å². The molecular formula is C15H13F5N2O2S. The molecule has 0 atom stereocenters. The summed E-state index contributed by atoms with van der Waals surface area (Å²) in [5.74, 6) is -6.86. The van der Waals surface area contributed by atoms with Crippen molar-refractivity contribution in [2.75, 3.05) is 11.9 Å². The summed E-state index contributed by atoms with van der Waals surface area (Å²) in [7, 11) is 0. The number of hydrogen-bond donors (Lipinski definition) is 2. The van der Waals surface area contributed by atoms with Gasteiger partial charge in [-0.05, 0) is 24.3 Å². The summed E-state index contributed by atoms with van der Waals surface area (Å²) in [6.07, 6.45) is 0. The van der Waals surface area contributed by atoms with E-state index in [1.807, 2.05) is 0 Å². The minimum absolute atomic E-state index is 0.0214. The van der Waals surface area contributed by atoms with E-state index in [1.54, 1.807) is 12.1 Å². The number of carbonyl (C=O) groups excluding carboxylic acids is 1. The first kappa shape index (κ1) is 19.3. The molecule has 25 heavy (non-hydrogen) atoms. The number of benzene rings is 1. The van der Waals surface area contributed by atoms with Crippen LogP contribution in [0.25, 0.3) is 0 Å². The third-order valence-electron chi connectivity index (χ3n) is 2.96. The second kappa shape index (κ2) is 8.86. The summed E-state index contributed by atoms with van der Waals surface area (Å²) in [5, 5.41) is 4.80. The lowest BCUT2D eigenvalue weighted by Crippen LogP contribution is -2.28. The van der Waals surface area contributed by atoms with E-state index in [2.05, 4.69) is 10.6 Å². The van der Waals surface area contributed by atoms with Crippen LogP contribution in [0.1, 0.15) is 11.5 Å². The van der Waals surface area contributed by atoms with E-state index in [-0.39, 0.29) is 18.8 Å². The molecule has 0 fully saturated rings. The van der Waals surface area contributed by atoms with Crippen molar-refractivity contribution >= 4 is 23.4 Å². The molecule has 0 radical (unpaired) electrons. The van der Waals surface area contributed by atoms with Gasteiger partial charge in [0.05, 0.1) is 24.5 Å². The standard InChI is InChI=1S/C15H13F5N2O2S/c16-10-3-4-11(14(18)13(10)17)22-12(23)6-21-5-8-1-2-9(24-8)7-25-15(19)20/h1-4,15,21H,5-7H2,(H,22,23). The summed E-state index contributed by atoms with van der Waals surface area (Å²) < 4.78 is 68.7. The van der Waals surface area contributed by atoms with Gasteiger partial charge in [-0.25, -0.2) is 13.2 Å². The van der Waals surface area contributed by atoms with Crippen LogP contribution in [0.2, 0.25) is 0 Å². The Bertz CT molecular complexity index is 739. The quantitative estimate of drug-likeness (QED) is 0.539. The number of halogens is 5. The lowest BCUT2D eigenvalue weighted by molar-refractivity contribution is -0.115. The van der Waals surface area contributed by atoms with Crippen LogP contribution in [0.5, 0.6) is 0 Å². The largest absolute Gasteiger partial charge is 0.464 e. The summed E-state index contributed by atoms with van der Waals surface area (Å²) in [6, 6.07) is 4.72. The van der Waals surface area contributed by atoms with Gasteiger partial charge in [-0.15, -0.1) is 0 Å². The van der Waals surface area contributed by atoms with Gasteiger partial charge < -0.3 is 15.1 Å². The van der Waals surface area contributed by atoms with Crippen molar-refractivity contribution in [1.82, 2.24) is 5.32 Å². The molecule has 136 valence electrons. The average molecular weight is 380 g/mol. The van der Waals surface area contributed by atoms with Crippen molar-refractivity contribution in [2.24, 2.45) is 0 Å². The molecule has 4 nitrogen and oxygen atoms in total. The molecule has 0 bridgehead atoms. The minimum atomic E-state index is -2.49. The van der Waals surface area contributed by atoms with E-state index in [0.717, 1.165) is 6.07 Å². The number of furan rings is 1. The monoisotopic (exact) mass is 380 g/mol. The average Bonchev–Trinajstić information content (AvgIpc) is 3.01. The van der Waals surface area contributed by atoms with E-state index in [0.29, 0.717) is 29.3 Å². The van der Waals surface area contributed by atoms with Crippen molar-refractivity contribution in [3.8, 4) is 0 Å². The minimum Gasteiger partial charge on any atom is -0.464 e. The van der Waals surface area contributed by atoms with Crippen molar-refractivity contribution in [1.29, 1.82) is 0 Å². The smallest absolute Gasteiger partial charge is 0.284 e. The number of anilines is 1. The molecule has 0 saturated heterocycles. The van der Waals surface area contributed by atoms with E-state index in [9.17, 15) is 26.7 Å². The van der Waals surface area contributed by atoms with Crippen LogP contribution in [0, 0.1) is 17.5 Å². The van der Waals surface area contributed by atoms with Gasteiger partial charge in [0.2, 0.25) is 5.91 Å². The first-order chi connectivity index (χ1) is 11.9. The second-order valence-electron chi connectivity index (χ2n) is 4.81. The summed E-state index contributed by atoms with van der Waals surface area (Å²) >= 11 is 0.427. The van der Waals surface area contributed by atoms with Crippen molar-refractivity contribution in [2.45, 2.75) is 18.1 Å². The maximum absolute atomic E-state index is 13.4. The molecule has 0 unspecified atom stereocenters. The first-order valence-electron chi connectivity index (χ1n) is 6.98. The van der Waals surface area contributed by atoms with Crippen LogP contribution in [-0.4, -0.2) is 18.2 Å². The third-order valence-corrected chi connectivity index (χ3v) is 3.67. The molecule has 0 saturated carbocycles. The Hall–Kier alpha value is -2.07. The Morgan fingerprint density at radius 1 is 1.08 bits per heavy atom. The first-order valence-corrected chi connectivity index (χ1v) is 8.03. The number of rotatable bonds is 8. The SMILES string of the molecule is O=C(CNCc1ccc(CSC(F)F)o1)Nc1ccc(F)c(F)c1F. The van der Waals surface area contributed by atoms with Crippen LogP contribution < -0.4 is 10.6 Å². The molecule has 1 aromatic heterocycles. The molecule has 2 rings (SSSR count). The highest BCUT2D eigenvalue weighted by molar-refractivity contribution is 7.98. The van der Waals surface area contributed by atoms with E-state index in [1.165, 1.54) is 0 Å². The van der Waals surface area contributed by atoms with Crippen LogP contribution in [0.15, 0.2) is 28.7 Å². The van der Waals surface area contributed by atoms with Crippen molar-refractivity contribution < 1.29 is 31.2 Å². The molecule has 1 amide bonds. The molecule has 0 aliphatic rings. The van der Waals surface area contributed by atoms with Crippen LogP contribution in [0.3, 0.4) is 0 Å². The van der Waals surface area contributed by atoms with Crippen LogP contribution >= 0.6 is 11.8 Å². The third kappa shape index (κ3) is 5.75. The van der Waals surface area contributed by atoms with Gasteiger partial charge in [0, 0.05) is 0 Å². The van der Waals surface area contributed by atoms with Crippen molar-refractivity contribution in [3.05, 3.63) is 53.2 Å². The Kier molecular flexibility index (Phi) is 6.82. The molecule has 10 heteroatoms. The second-order valence-corrected chi connectivity index (χ2v) is 5.79. The van der Waals surface area contributed by atoms with E-state index >= 15 is 0 Å². The molecule has 2 N–H and O–H groups in total. The molecule has 2 aromatic rings. The predicted molar refractivity (Wildman–Crippen MR) is 82.7 cm³/mol. The van der Waals surface area contributed by atoms with Crippen molar-refractivity contribution in [3.63, 3.8) is 0 Å². The summed E-state index contributed by atoms with van der Waals surface area (Å²) in [5.41, 5.74) is -0.477. The molecule has 1 aromatic carbocycles. The van der Waals surface area contributed by atoms with E-state index in [4.69, 9.17) is 4.42 Å². The fourth-order valence-electron chi connectivity index (χ4n) is 1.86. The zero-order valence-electron chi connectivity index (χ0n) is 12.6. The highest BCUT2D eigenvalue weighted by Crippen LogP contribution is 2.21. The summed E-state index contributed by atoms with van der Waals surface area (Å²) in [4.78, 5) is 11.7. The molecule has 1 heterocycles. The highest BCUT2D eigenvalue weighted by Gasteiger charge is 2.15. The van der Waals surface area contributed by atoms with Gasteiger partial charge >= 0.3 is 0 Å². The maximum atomic E-state index is 13.4. The summed E-state index contributed by atoms with van der Waals surface area (Å²) in [6.45, 7) is -0.118. The normalized spacial score (nSPS) is 11.1. The molecule has 0 aliphatic carbocycles. The van der Waals surface area contributed by atoms with Crippen LogP contribution in [-0.2, 0) is 17.1 Å². The number of amides is 1. The maximum Gasteiger partial charge on any atom is 0.284 e. The topological polar surface area (TPSA) is 54.3 Å². The Morgan fingerprint density at radius 2 is 1.80 bits per heavy atom. The Labute approximate surface area is 143 Å². The van der Waals surface area contributed by atoms with Gasteiger partial charge in [0.1, 0.15) is 11.5 Å². The predicted octanol–water partition coefficient (Wildman–Crippen LogP) is 3.88. The van der Waals surface area contributed by atoms with Gasteiger partial charge in [-0.2, -0.15) is 8.78 Å². The molecule has 0 aliphatic heterocycles. The lowest BCUT2D eigenvalue weighted by Gasteiger charge is -2.07. The number of carbonyl (C=O) groups is 1. The number of nitrogens with one attached hydrogen (secondary N) is 2. The van der Waals surface area contributed by atoms with Gasteiger partial charge in [0.25, 0.3) is 5.76 Å². The Balaban J connectivity index is 1.78. The fraction of sp³-hybridized carbons (Fsp3) is 0.267. The molecular weight excluding hydrogens is 367 g/mol. The zero-order chi connectivity index (χ0) is 18.4. The highest BCUT2D eigenvalue weighted by atomic mass is 32.2. The van der Waals surface area contributed by atoms with Gasteiger partial charge in [-0.1, -0.05) is 11.8 Å². The number of hydrogen-bond acceptors (Lipinski definition) is 4. The lowest BCUT2D eigenvalue weighted by atomic mass is 10.2. The van der Waals surface area contributed by atoms with E-state index < -0.39 is 34.8 Å².